The fraction of sp³-hybridized carbons (Fsp3) is 0.375. The Morgan fingerprint density at radius 3 is 2.88 bits per heavy atom. The zero-order valence-corrected chi connectivity index (χ0v) is 18.5. The SMILES string of the molecule is CN1CCN(c2cccc3oc(-c4cnc5ccc(OC[C@H]6CCC(=O)N6)nn45)cc23)CC1. The molecule has 0 radical (unpaired) electrons. The van der Waals surface area contributed by atoms with Gasteiger partial charge >= 0.3 is 0 Å². The van der Waals surface area contributed by atoms with Gasteiger partial charge in [0, 0.05) is 49.7 Å². The molecule has 0 spiro atoms. The Kier molecular flexibility index (Phi) is 4.91. The fourth-order valence-corrected chi connectivity index (χ4v) is 4.58. The van der Waals surface area contributed by atoms with Crippen molar-refractivity contribution in [3.8, 4) is 17.3 Å². The number of hydrogen-bond donors (Lipinski definition) is 1. The minimum atomic E-state index is 0.0284. The first-order chi connectivity index (χ1) is 16.1. The third-order valence-corrected chi connectivity index (χ3v) is 6.49. The van der Waals surface area contributed by atoms with Gasteiger partial charge in [-0.15, -0.1) is 5.10 Å². The number of anilines is 1. The number of nitrogens with one attached hydrogen (secondary N) is 1. The molecule has 9 heteroatoms. The molecule has 6 rings (SSSR count). The van der Waals surface area contributed by atoms with Crippen LogP contribution in [0, 0.1) is 0 Å². The number of fused-ring (bicyclic) bond motifs is 2. The van der Waals surface area contributed by atoms with Crippen LogP contribution < -0.4 is 15.0 Å². The second kappa shape index (κ2) is 8.08. The number of furan rings is 1. The topological polar surface area (TPSA) is 88.1 Å². The van der Waals surface area contributed by atoms with E-state index in [2.05, 4.69) is 44.4 Å². The molecule has 170 valence electrons. The molecule has 2 aliphatic heterocycles. The number of benzene rings is 1. The molecule has 2 fully saturated rings. The molecule has 2 aliphatic rings. The summed E-state index contributed by atoms with van der Waals surface area (Å²) in [4.78, 5) is 20.7. The number of nitrogens with zero attached hydrogens (tertiary/aromatic N) is 5. The second-order valence-corrected chi connectivity index (χ2v) is 8.79. The van der Waals surface area contributed by atoms with Crippen molar-refractivity contribution in [2.45, 2.75) is 18.9 Å². The molecule has 1 N–H and O–H groups in total. The van der Waals surface area contributed by atoms with Gasteiger partial charge in [-0.3, -0.25) is 4.79 Å². The normalized spacial score (nSPS) is 19.5. The molecule has 1 amide bonds. The van der Waals surface area contributed by atoms with E-state index >= 15 is 0 Å². The summed E-state index contributed by atoms with van der Waals surface area (Å²) in [5, 5.41) is 8.63. The summed E-state index contributed by atoms with van der Waals surface area (Å²) in [6.45, 7) is 4.48. The van der Waals surface area contributed by atoms with E-state index in [1.807, 2.05) is 18.2 Å². The van der Waals surface area contributed by atoms with Gasteiger partial charge in [0.25, 0.3) is 0 Å². The Balaban J connectivity index is 1.30. The molecule has 3 aromatic heterocycles. The lowest BCUT2D eigenvalue weighted by Crippen LogP contribution is -2.44. The quantitative estimate of drug-likeness (QED) is 0.504. The Hall–Kier alpha value is -3.59. The van der Waals surface area contributed by atoms with Gasteiger partial charge in [0.1, 0.15) is 17.9 Å². The van der Waals surface area contributed by atoms with Crippen molar-refractivity contribution in [2.24, 2.45) is 0 Å². The fourth-order valence-electron chi connectivity index (χ4n) is 4.58. The van der Waals surface area contributed by atoms with E-state index in [-0.39, 0.29) is 11.9 Å². The molecule has 5 heterocycles. The molecule has 1 aromatic carbocycles. The molecule has 2 saturated heterocycles. The number of piperazine rings is 1. The van der Waals surface area contributed by atoms with Crippen LogP contribution in [0.2, 0.25) is 0 Å². The molecule has 4 aromatic rings. The van der Waals surface area contributed by atoms with Crippen LogP contribution in [-0.2, 0) is 4.79 Å². The van der Waals surface area contributed by atoms with Gasteiger partial charge in [0.2, 0.25) is 11.8 Å². The number of ether oxygens (including phenoxy) is 1. The molecule has 1 atom stereocenters. The minimum Gasteiger partial charge on any atom is -0.474 e. The Morgan fingerprint density at radius 1 is 1.18 bits per heavy atom. The minimum absolute atomic E-state index is 0.0284. The van der Waals surface area contributed by atoms with E-state index in [0.717, 1.165) is 49.3 Å². The van der Waals surface area contributed by atoms with E-state index < -0.39 is 0 Å². The third-order valence-electron chi connectivity index (χ3n) is 6.49. The summed E-state index contributed by atoms with van der Waals surface area (Å²) >= 11 is 0. The van der Waals surface area contributed by atoms with Gasteiger partial charge in [-0.1, -0.05) is 6.07 Å². The molecule has 0 saturated carbocycles. The van der Waals surface area contributed by atoms with Crippen LogP contribution in [0.5, 0.6) is 5.88 Å². The highest BCUT2D eigenvalue weighted by Gasteiger charge is 2.22. The number of amides is 1. The van der Waals surface area contributed by atoms with Crippen molar-refractivity contribution >= 4 is 28.2 Å². The first-order valence-electron chi connectivity index (χ1n) is 11.4. The van der Waals surface area contributed by atoms with Crippen molar-refractivity contribution in [1.29, 1.82) is 0 Å². The summed E-state index contributed by atoms with van der Waals surface area (Å²) < 4.78 is 13.8. The van der Waals surface area contributed by atoms with E-state index in [4.69, 9.17) is 9.15 Å². The maximum atomic E-state index is 11.4. The standard InChI is InChI=1S/C24H26N6O3/c1-28-9-11-29(12-10-28)18-3-2-4-20-17(18)13-21(33-20)19-14-25-22-6-8-24(27-30(19)22)32-15-16-5-7-23(31)26-16/h2-4,6,8,13-14,16H,5,7,9-12,15H2,1H3,(H,26,31)/t16-/m1/s1. The van der Waals surface area contributed by atoms with Gasteiger partial charge in [-0.2, -0.15) is 0 Å². The highest BCUT2D eigenvalue weighted by atomic mass is 16.5. The first kappa shape index (κ1) is 20.0. The van der Waals surface area contributed by atoms with Crippen LogP contribution >= 0.6 is 0 Å². The number of hydrogen-bond acceptors (Lipinski definition) is 7. The van der Waals surface area contributed by atoms with Crippen LogP contribution in [0.1, 0.15) is 12.8 Å². The van der Waals surface area contributed by atoms with Gasteiger partial charge in [-0.05, 0) is 37.7 Å². The van der Waals surface area contributed by atoms with Gasteiger partial charge in [-0.25, -0.2) is 9.50 Å². The molecular formula is C24H26N6O3. The van der Waals surface area contributed by atoms with Crippen molar-refractivity contribution in [3.63, 3.8) is 0 Å². The van der Waals surface area contributed by atoms with Crippen molar-refractivity contribution < 1.29 is 13.9 Å². The highest BCUT2D eigenvalue weighted by Crippen LogP contribution is 2.34. The van der Waals surface area contributed by atoms with Crippen LogP contribution in [0.4, 0.5) is 5.69 Å². The molecule has 9 nitrogen and oxygen atoms in total. The maximum absolute atomic E-state index is 11.4. The lowest BCUT2D eigenvalue weighted by atomic mass is 10.1. The maximum Gasteiger partial charge on any atom is 0.231 e. The van der Waals surface area contributed by atoms with Gasteiger partial charge in [0.15, 0.2) is 11.4 Å². The lowest BCUT2D eigenvalue weighted by molar-refractivity contribution is -0.119. The Bertz CT molecular complexity index is 1320. The zero-order chi connectivity index (χ0) is 22.4. The van der Waals surface area contributed by atoms with Crippen molar-refractivity contribution in [1.82, 2.24) is 24.8 Å². The number of likely N-dealkylation sites (N-methyl/N-ethyl adjacent to an activating group) is 1. The summed E-state index contributed by atoms with van der Waals surface area (Å²) in [7, 11) is 2.16. The first-order valence-corrected chi connectivity index (χ1v) is 11.4. The predicted molar refractivity (Wildman–Crippen MR) is 125 cm³/mol. The third kappa shape index (κ3) is 3.78. The molecule has 0 unspecified atom stereocenters. The molecular weight excluding hydrogens is 420 g/mol. The van der Waals surface area contributed by atoms with Gasteiger partial charge < -0.3 is 24.3 Å². The average molecular weight is 447 g/mol. The van der Waals surface area contributed by atoms with E-state index in [9.17, 15) is 4.79 Å². The largest absolute Gasteiger partial charge is 0.474 e. The van der Waals surface area contributed by atoms with Crippen LogP contribution in [-0.4, -0.2) is 71.3 Å². The number of imidazole rings is 1. The van der Waals surface area contributed by atoms with Crippen LogP contribution in [0.3, 0.4) is 0 Å². The molecule has 0 aliphatic carbocycles. The molecule has 0 bridgehead atoms. The predicted octanol–water partition coefficient (Wildman–Crippen LogP) is 2.55. The Labute approximate surface area is 190 Å². The summed E-state index contributed by atoms with van der Waals surface area (Å²) in [6.07, 6.45) is 3.11. The average Bonchev–Trinajstić information content (AvgIpc) is 3.55. The number of aromatic nitrogens is 3. The highest BCUT2D eigenvalue weighted by molar-refractivity contribution is 5.94. The summed E-state index contributed by atoms with van der Waals surface area (Å²) in [5.41, 5.74) is 3.53. The summed E-state index contributed by atoms with van der Waals surface area (Å²) in [5.74, 6) is 1.27. The van der Waals surface area contributed by atoms with Gasteiger partial charge in [0.05, 0.1) is 12.2 Å². The lowest BCUT2D eigenvalue weighted by Gasteiger charge is -2.34. The number of carbonyl (C=O) groups excluding carboxylic acids is 1. The smallest absolute Gasteiger partial charge is 0.231 e. The van der Waals surface area contributed by atoms with Crippen LogP contribution in [0.15, 0.2) is 47.0 Å². The number of carbonyl (C=O) groups is 1. The number of rotatable bonds is 5. The van der Waals surface area contributed by atoms with Crippen LogP contribution in [0.25, 0.3) is 28.1 Å². The van der Waals surface area contributed by atoms with E-state index in [1.165, 1.54) is 5.69 Å². The second-order valence-electron chi connectivity index (χ2n) is 8.79. The molecule has 33 heavy (non-hydrogen) atoms. The van der Waals surface area contributed by atoms with Crippen molar-refractivity contribution in [2.75, 3.05) is 44.7 Å². The van der Waals surface area contributed by atoms with E-state index in [1.54, 1.807) is 16.8 Å². The zero-order valence-electron chi connectivity index (χ0n) is 18.5. The Morgan fingerprint density at radius 2 is 2.06 bits per heavy atom. The summed E-state index contributed by atoms with van der Waals surface area (Å²) in [6, 6.07) is 12.0. The monoisotopic (exact) mass is 446 g/mol. The van der Waals surface area contributed by atoms with E-state index in [0.29, 0.717) is 30.3 Å². The van der Waals surface area contributed by atoms with Crippen molar-refractivity contribution in [3.05, 3.63) is 42.6 Å².